The monoisotopic (exact) mass is 286 g/mol. The molecule has 4 rings (SSSR count). The zero-order valence-corrected chi connectivity index (χ0v) is 13.4. The first-order chi connectivity index (χ1) is 10.1. The van der Waals surface area contributed by atoms with Gasteiger partial charge in [0.05, 0.1) is 7.11 Å². The summed E-state index contributed by atoms with van der Waals surface area (Å²) in [5.41, 5.74) is 3.56. The normalized spacial score (nSPS) is 36.0. The van der Waals surface area contributed by atoms with Gasteiger partial charge >= 0.3 is 0 Å². The summed E-state index contributed by atoms with van der Waals surface area (Å²) in [6.45, 7) is 3.71. The van der Waals surface area contributed by atoms with Gasteiger partial charge in [0.15, 0.2) is 0 Å². The lowest BCUT2D eigenvalue weighted by Gasteiger charge is -2.59. The van der Waals surface area contributed by atoms with Gasteiger partial charge in [-0.15, -0.1) is 0 Å². The van der Waals surface area contributed by atoms with Gasteiger partial charge < -0.3 is 14.5 Å². The fraction of sp³-hybridized carbons (Fsp3) is 0.667. The second-order valence-corrected chi connectivity index (χ2v) is 7.30. The Kier molecular flexibility index (Phi) is 3.05. The lowest BCUT2D eigenvalue weighted by atomic mass is 9.54. The van der Waals surface area contributed by atoms with Crippen LogP contribution in [0.4, 0.5) is 0 Å². The minimum absolute atomic E-state index is 0.395. The van der Waals surface area contributed by atoms with Crippen LogP contribution in [0.1, 0.15) is 24.0 Å². The number of nitrogens with zero attached hydrogens (tertiary/aromatic N) is 2. The van der Waals surface area contributed by atoms with E-state index in [0.717, 1.165) is 11.7 Å². The third-order valence-corrected chi connectivity index (χ3v) is 6.38. The van der Waals surface area contributed by atoms with E-state index in [1.165, 1.54) is 38.9 Å². The van der Waals surface area contributed by atoms with Crippen molar-refractivity contribution in [1.82, 2.24) is 9.80 Å². The standard InChI is InChI=1S/C18H26N2O/c1-19-8-6-18-7-9-20(2)17(16(18)12-19)10-13-4-5-14(21-3)11-15(13)18/h4-5,11,16-17H,6-10,12H2,1-3H3/t16-,17+,18?/m0/s1. The number of likely N-dealkylation sites (tertiary alicyclic amines) is 2. The molecule has 1 aliphatic carbocycles. The molecule has 114 valence electrons. The van der Waals surface area contributed by atoms with E-state index in [1.807, 2.05) is 0 Å². The van der Waals surface area contributed by atoms with Crippen LogP contribution in [0.2, 0.25) is 0 Å². The van der Waals surface area contributed by atoms with Crippen molar-refractivity contribution in [3.63, 3.8) is 0 Å². The van der Waals surface area contributed by atoms with Crippen molar-refractivity contribution in [3.05, 3.63) is 29.3 Å². The number of rotatable bonds is 1. The number of ether oxygens (including phenoxy) is 1. The summed E-state index contributed by atoms with van der Waals surface area (Å²) >= 11 is 0. The summed E-state index contributed by atoms with van der Waals surface area (Å²) in [4.78, 5) is 5.13. The molecule has 0 spiro atoms. The van der Waals surface area contributed by atoms with Crippen LogP contribution in [-0.2, 0) is 11.8 Å². The Hall–Kier alpha value is -1.06. The van der Waals surface area contributed by atoms with Crippen molar-refractivity contribution in [2.75, 3.05) is 40.8 Å². The number of fused-ring (bicyclic) bond motifs is 1. The Balaban J connectivity index is 1.86. The van der Waals surface area contributed by atoms with E-state index >= 15 is 0 Å². The molecule has 2 bridgehead atoms. The molecule has 1 aromatic carbocycles. The lowest BCUT2D eigenvalue weighted by Crippen LogP contribution is -2.64. The molecule has 1 aromatic rings. The molecule has 0 radical (unpaired) electrons. The average molecular weight is 286 g/mol. The molecular formula is C18H26N2O. The van der Waals surface area contributed by atoms with Crippen molar-refractivity contribution >= 4 is 0 Å². The van der Waals surface area contributed by atoms with Crippen LogP contribution in [0.5, 0.6) is 5.75 Å². The van der Waals surface area contributed by atoms with Gasteiger partial charge in [-0.05, 0) is 75.6 Å². The second kappa shape index (κ2) is 4.72. The van der Waals surface area contributed by atoms with Gasteiger partial charge in [0.25, 0.3) is 0 Å². The predicted molar refractivity (Wildman–Crippen MR) is 85.0 cm³/mol. The first kappa shape index (κ1) is 13.6. The first-order valence-electron chi connectivity index (χ1n) is 8.20. The second-order valence-electron chi connectivity index (χ2n) is 7.30. The number of likely N-dealkylation sites (N-methyl/N-ethyl adjacent to an activating group) is 1. The maximum absolute atomic E-state index is 5.52. The maximum Gasteiger partial charge on any atom is 0.119 e. The zero-order chi connectivity index (χ0) is 14.6. The van der Waals surface area contributed by atoms with Gasteiger partial charge in [-0.1, -0.05) is 6.07 Å². The van der Waals surface area contributed by atoms with Crippen molar-refractivity contribution in [2.45, 2.75) is 30.7 Å². The molecule has 0 aromatic heterocycles. The van der Waals surface area contributed by atoms with Gasteiger partial charge in [0.1, 0.15) is 5.75 Å². The van der Waals surface area contributed by atoms with Crippen LogP contribution in [0.15, 0.2) is 18.2 Å². The molecule has 2 heterocycles. The largest absolute Gasteiger partial charge is 0.497 e. The van der Waals surface area contributed by atoms with E-state index < -0.39 is 0 Å². The van der Waals surface area contributed by atoms with E-state index in [2.05, 4.69) is 42.1 Å². The molecule has 0 amide bonds. The van der Waals surface area contributed by atoms with E-state index in [0.29, 0.717) is 11.5 Å². The van der Waals surface area contributed by atoms with Crippen molar-refractivity contribution in [1.29, 1.82) is 0 Å². The topological polar surface area (TPSA) is 15.7 Å². The van der Waals surface area contributed by atoms with Crippen LogP contribution < -0.4 is 4.74 Å². The number of hydrogen-bond acceptors (Lipinski definition) is 3. The maximum atomic E-state index is 5.52. The van der Waals surface area contributed by atoms with Crippen LogP contribution in [0.3, 0.4) is 0 Å². The summed E-state index contributed by atoms with van der Waals surface area (Å²) in [6, 6.07) is 7.51. The highest BCUT2D eigenvalue weighted by Crippen LogP contribution is 2.53. The van der Waals surface area contributed by atoms with Gasteiger partial charge in [-0.25, -0.2) is 0 Å². The molecule has 3 heteroatoms. The Morgan fingerprint density at radius 1 is 1.19 bits per heavy atom. The molecule has 2 saturated heterocycles. The van der Waals surface area contributed by atoms with Crippen molar-refractivity contribution in [3.8, 4) is 5.75 Å². The summed E-state index contributed by atoms with van der Waals surface area (Å²) in [5, 5.41) is 0. The van der Waals surface area contributed by atoms with E-state index in [1.54, 1.807) is 18.2 Å². The summed E-state index contributed by atoms with van der Waals surface area (Å²) in [7, 11) is 6.38. The Morgan fingerprint density at radius 3 is 2.81 bits per heavy atom. The summed E-state index contributed by atoms with van der Waals surface area (Å²) in [5.74, 6) is 1.80. The summed E-state index contributed by atoms with van der Waals surface area (Å²) in [6.07, 6.45) is 3.81. The van der Waals surface area contributed by atoms with Crippen LogP contribution in [0.25, 0.3) is 0 Å². The van der Waals surface area contributed by atoms with E-state index in [-0.39, 0.29) is 0 Å². The molecule has 2 aliphatic heterocycles. The zero-order valence-electron chi connectivity index (χ0n) is 13.4. The molecule has 2 fully saturated rings. The molecule has 3 atom stereocenters. The highest BCUT2D eigenvalue weighted by molar-refractivity contribution is 5.45. The Morgan fingerprint density at radius 2 is 2.00 bits per heavy atom. The molecule has 3 nitrogen and oxygen atoms in total. The molecule has 1 unspecified atom stereocenters. The fourth-order valence-electron chi connectivity index (χ4n) is 5.14. The Labute approximate surface area is 127 Å². The number of benzene rings is 1. The van der Waals surface area contributed by atoms with Crippen LogP contribution in [-0.4, -0.2) is 56.7 Å². The van der Waals surface area contributed by atoms with Gasteiger partial charge in [0, 0.05) is 18.0 Å². The third-order valence-electron chi connectivity index (χ3n) is 6.38. The predicted octanol–water partition coefficient (Wildman–Crippen LogP) is 2.14. The SMILES string of the molecule is COc1ccc2c(c1)C13CCN(C)C[C@H]1[C@@H](C2)N(C)CC3. The first-order valence-corrected chi connectivity index (χ1v) is 8.20. The van der Waals surface area contributed by atoms with E-state index in [9.17, 15) is 0 Å². The average Bonchev–Trinajstić information content (AvgIpc) is 2.50. The fourth-order valence-corrected chi connectivity index (χ4v) is 5.14. The Bertz CT molecular complexity index is 554. The highest BCUT2D eigenvalue weighted by atomic mass is 16.5. The van der Waals surface area contributed by atoms with Gasteiger partial charge in [-0.2, -0.15) is 0 Å². The number of hydrogen-bond donors (Lipinski definition) is 0. The molecule has 3 aliphatic rings. The van der Waals surface area contributed by atoms with Crippen molar-refractivity contribution in [2.24, 2.45) is 5.92 Å². The van der Waals surface area contributed by atoms with Crippen LogP contribution >= 0.6 is 0 Å². The molecule has 0 N–H and O–H groups in total. The smallest absolute Gasteiger partial charge is 0.119 e. The van der Waals surface area contributed by atoms with E-state index in [4.69, 9.17) is 4.74 Å². The quantitative estimate of drug-likeness (QED) is 0.787. The highest BCUT2D eigenvalue weighted by Gasteiger charge is 2.54. The van der Waals surface area contributed by atoms with Crippen molar-refractivity contribution < 1.29 is 4.74 Å². The lowest BCUT2D eigenvalue weighted by molar-refractivity contribution is -0.0208. The van der Waals surface area contributed by atoms with Crippen LogP contribution in [0, 0.1) is 5.92 Å². The minimum atomic E-state index is 0.395. The molecule has 21 heavy (non-hydrogen) atoms. The number of piperidine rings is 2. The molecular weight excluding hydrogens is 260 g/mol. The molecule has 0 saturated carbocycles. The van der Waals surface area contributed by atoms with Gasteiger partial charge in [-0.3, -0.25) is 0 Å². The third kappa shape index (κ3) is 1.87. The summed E-state index contributed by atoms with van der Waals surface area (Å²) < 4.78 is 5.52. The number of methoxy groups -OCH3 is 1. The van der Waals surface area contributed by atoms with Gasteiger partial charge in [0.2, 0.25) is 0 Å². The minimum Gasteiger partial charge on any atom is -0.497 e.